The van der Waals surface area contributed by atoms with Gasteiger partial charge in [-0.25, -0.2) is 0 Å². The summed E-state index contributed by atoms with van der Waals surface area (Å²) in [5, 5.41) is 2.96. The first-order valence-electron chi connectivity index (χ1n) is 7.73. The molecule has 1 fully saturated rings. The molecule has 0 radical (unpaired) electrons. The van der Waals surface area contributed by atoms with Gasteiger partial charge in [-0.3, -0.25) is 9.59 Å². The molecule has 1 amide bonds. The summed E-state index contributed by atoms with van der Waals surface area (Å²) in [6, 6.07) is 13.6. The normalized spacial score (nSPS) is 16.4. The fraction of sp³-hybridized carbons (Fsp3) is 0.333. The Labute approximate surface area is 129 Å². The van der Waals surface area contributed by atoms with Crippen molar-refractivity contribution in [2.45, 2.75) is 31.1 Å². The molecular formula is C18H20N2O2. The number of aromatic amines is 1. The van der Waals surface area contributed by atoms with Crippen LogP contribution in [-0.2, 0) is 5.41 Å². The Balaban J connectivity index is 1.77. The number of pyridine rings is 1. The number of nitrogens with one attached hydrogen (secondary N) is 2. The van der Waals surface area contributed by atoms with E-state index in [1.807, 2.05) is 18.2 Å². The molecule has 0 bridgehead atoms. The second-order valence-electron chi connectivity index (χ2n) is 5.95. The number of hydrogen-bond donors (Lipinski definition) is 2. The Morgan fingerprint density at radius 2 is 1.82 bits per heavy atom. The van der Waals surface area contributed by atoms with Crippen molar-refractivity contribution < 1.29 is 4.79 Å². The zero-order valence-corrected chi connectivity index (χ0v) is 12.5. The Hall–Kier alpha value is -2.36. The van der Waals surface area contributed by atoms with E-state index < -0.39 is 0 Å². The van der Waals surface area contributed by atoms with E-state index in [-0.39, 0.29) is 22.4 Å². The predicted octanol–water partition coefficient (Wildman–Crippen LogP) is 2.62. The number of H-pyrrole nitrogens is 1. The zero-order valence-electron chi connectivity index (χ0n) is 12.5. The van der Waals surface area contributed by atoms with E-state index in [1.165, 1.54) is 24.6 Å². The highest BCUT2D eigenvalue weighted by atomic mass is 16.2. The predicted molar refractivity (Wildman–Crippen MR) is 86.0 cm³/mol. The third kappa shape index (κ3) is 2.82. The van der Waals surface area contributed by atoms with Crippen LogP contribution in [0.1, 0.15) is 41.6 Å². The number of carbonyl (C=O) groups is 1. The van der Waals surface area contributed by atoms with Gasteiger partial charge in [0.2, 0.25) is 0 Å². The van der Waals surface area contributed by atoms with Crippen LogP contribution in [0.4, 0.5) is 0 Å². The van der Waals surface area contributed by atoms with Gasteiger partial charge < -0.3 is 10.3 Å². The first-order valence-corrected chi connectivity index (χ1v) is 7.73. The lowest BCUT2D eigenvalue weighted by Crippen LogP contribution is -2.40. The molecule has 2 N–H and O–H groups in total. The molecule has 0 unspecified atom stereocenters. The van der Waals surface area contributed by atoms with Gasteiger partial charge in [0.05, 0.1) is 0 Å². The average Bonchev–Trinajstić information content (AvgIpc) is 3.04. The van der Waals surface area contributed by atoms with Crippen molar-refractivity contribution in [3.63, 3.8) is 0 Å². The zero-order chi connectivity index (χ0) is 15.4. The molecule has 4 nitrogen and oxygen atoms in total. The molecule has 22 heavy (non-hydrogen) atoms. The summed E-state index contributed by atoms with van der Waals surface area (Å²) < 4.78 is 0. The van der Waals surface area contributed by atoms with Crippen LogP contribution in [0.2, 0.25) is 0 Å². The maximum atomic E-state index is 12.3. The first-order chi connectivity index (χ1) is 10.7. The van der Waals surface area contributed by atoms with Crippen molar-refractivity contribution in [2.24, 2.45) is 0 Å². The third-order valence-corrected chi connectivity index (χ3v) is 4.60. The SMILES string of the molecule is O=C(NCC1(c2ccccc2)CCCC1)c1ccc[nH]c1=O. The van der Waals surface area contributed by atoms with Crippen LogP contribution in [0, 0.1) is 0 Å². The number of hydrogen-bond acceptors (Lipinski definition) is 2. The van der Waals surface area contributed by atoms with Gasteiger partial charge in [0, 0.05) is 18.2 Å². The Kier molecular flexibility index (Phi) is 4.09. The number of rotatable bonds is 4. The number of benzene rings is 1. The average molecular weight is 296 g/mol. The van der Waals surface area contributed by atoms with Gasteiger partial charge >= 0.3 is 0 Å². The molecule has 1 aromatic heterocycles. The molecule has 0 spiro atoms. The van der Waals surface area contributed by atoms with Gasteiger partial charge in [-0.2, -0.15) is 0 Å². The van der Waals surface area contributed by atoms with E-state index in [9.17, 15) is 9.59 Å². The summed E-state index contributed by atoms with van der Waals surface area (Å²) >= 11 is 0. The van der Waals surface area contributed by atoms with Crippen LogP contribution in [-0.4, -0.2) is 17.4 Å². The monoisotopic (exact) mass is 296 g/mol. The molecule has 1 aromatic carbocycles. The van der Waals surface area contributed by atoms with Gasteiger partial charge in [0.25, 0.3) is 11.5 Å². The van der Waals surface area contributed by atoms with Crippen molar-refractivity contribution in [1.82, 2.24) is 10.3 Å². The van der Waals surface area contributed by atoms with Crippen LogP contribution >= 0.6 is 0 Å². The number of aromatic nitrogens is 1. The van der Waals surface area contributed by atoms with Crippen LogP contribution in [0.3, 0.4) is 0 Å². The number of amides is 1. The van der Waals surface area contributed by atoms with E-state index in [0.29, 0.717) is 6.54 Å². The van der Waals surface area contributed by atoms with Crippen LogP contribution in [0.5, 0.6) is 0 Å². The van der Waals surface area contributed by atoms with Crippen LogP contribution < -0.4 is 10.9 Å². The molecule has 0 atom stereocenters. The van der Waals surface area contributed by atoms with E-state index in [4.69, 9.17) is 0 Å². The standard InChI is InChI=1S/C18H20N2O2/c21-16-15(9-6-12-19-16)17(22)20-13-18(10-4-5-11-18)14-7-2-1-3-8-14/h1-3,6-9,12H,4-5,10-11,13H2,(H,19,21)(H,20,22). The summed E-state index contributed by atoms with van der Waals surface area (Å²) in [6.45, 7) is 0.574. The second kappa shape index (κ2) is 6.18. The fourth-order valence-corrected chi connectivity index (χ4v) is 3.36. The summed E-state index contributed by atoms with van der Waals surface area (Å²) in [5.74, 6) is -0.302. The first kappa shape index (κ1) is 14.6. The van der Waals surface area contributed by atoms with Crippen molar-refractivity contribution >= 4 is 5.91 Å². The minimum Gasteiger partial charge on any atom is -0.351 e. The minimum absolute atomic E-state index is 0.00153. The molecule has 1 aliphatic carbocycles. The molecule has 2 aromatic rings. The largest absolute Gasteiger partial charge is 0.351 e. The summed E-state index contributed by atoms with van der Waals surface area (Å²) in [6.07, 6.45) is 6.03. The van der Waals surface area contributed by atoms with Crippen LogP contribution in [0.15, 0.2) is 53.5 Å². The highest BCUT2D eigenvalue weighted by Crippen LogP contribution is 2.40. The summed E-state index contributed by atoms with van der Waals surface area (Å²) in [5.41, 5.74) is 1.09. The molecule has 0 aliphatic heterocycles. The Morgan fingerprint density at radius 1 is 1.09 bits per heavy atom. The van der Waals surface area contributed by atoms with Gasteiger partial charge in [0.15, 0.2) is 0 Å². The second-order valence-corrected chi connectivity index (χ2v) is 5.95. The maximum Gasteiger partial charge on any atom is 0.260 e. The minimum atomic E-state index is -0.347. The van der Waals surface area contributed by atoms with E-state index in [1.54, 1.807) is 12.1 Å². The van der Waals surface area contributed by atoms with Crippen molar-refractivity contribution in [3.8, 4) is 0 Å². The van der Waals surface area contributed by atoms with Gasteiger partial charge in [-0.15, -0.1) is 0 Å². The molecule has 1 aliphatic rings. The summed E-state index contributed by atoms with van der Waals surface area (Å²) in [7, 11) is 0. The molecular weight excluding hydrogens is 276 g/mol. The molecule has 0 saturated heterocycles. The summed E-state index contributed by atoms with van der Waals surface area (Å²) in [4.78, 5) is 26.5. The van der Waals surface area contributed by atoms with Gasteiger partial charge in [-0.05, 0) is 30.5 Å². The highest BCUT2D eigenvalue weighted by Gasteiger charge is 2.35. The smallest absolute Gasteiger partial charge is 0.260 e. The highest BCUT2D eigenvalue weighted by molar-refractivity contribution is 5.93. The molecule has 4 heteroatoms. The van der Waals surface area contributed by atoms with E-state index >= 15 is 0 Å². The third-order valence-electron chi connectivity index (χ3n) is 4.60. The van der Waals surface area contributed by atoms with Crippen molar-refractivity contribution in [2.75, 3.05) is 6.54 Å². The quantitative estimate of drug-likeness (QED) is 0.911. The van der Waals surface area contributed by atoms with E-state index in [2.05, 4.69) is 22.4 Å². The van der Waals surface area contributed by atoms with Crippen LogP contribution in [0.25, 0.3) is 0 Å². The maximum absolute atomic E-state index is 12.3. The lowest BCUT2D eigenvalue weighted by molar-refractivity contribution is 0.0941. The van der Waals surface area contributed by atoms with Crippen molar-refractivity contribution in [1.29, 1.82) is 0 Å². The van der Waals surface area contributed by atoms with Gasteiger partial charge in [0.1, 0.15) is 5.56 Å². The molecule has 114 valence electrons. The molecule has 1 saturated carbocycles. The number of carbonyl (C=O) groups excluding carboxylic acids is 1. The molecule has 1 heterocycles. The fourth-order valence-electron chi connectivity index (χ4n) is 3.36. The van der Waals surface area contributed by atoms with Gasteiger partial charge in [-0.1, -0.05) is 43.2 Å². The van der Waals surface area contributed by atoms with E-state index in [0.717, 1.165) is 12.8 Å². The molecule has 3 rings (SSSR count). The lowest BCUT2D eigenvalue weighted by Gasteiger charge is -2.30. The Morgan fingerprint density at radius 3 is 2.50 bits per heavy atom. The Bertz CT molecular complexity index is 700. The lowest BCUT2D eigenvalue weighted by atomic mass is 9.79. The topological polar surface area (TPSA) is 62.0 Å². The van der Waals surface area contributed by atoms with Crippen molar-refractivity contribution in [3.05, 3.63) is 70.1 Å².